The first kappa shape index (κ1) is 11.6. The van der Waals surface area contributed by atoms with E-state index in [4.69, 9.17) is 4.74 Å². The Kier molecular flexibility index (Phi) is 3.96. The third kappa shape index (κ3) is 2.62. The number of imidazole rings is 1. The number of aromatic nitrogens is 2. The largest absolute Gasteiger partial charge is 0.381 e. The van der Waals surface area contributed by atoms with Crippen LogP contribution in [0.2, 0.25) is 0 Å². The number of nitrogens with zero attached hydrogens (tertiary/aromatic N) is 2. The van der Waals surface area contributed by atoms with Gasteiger partial charge in [0.05, 0.1) is 18.1 Å². The van der Waals surface area contributed by atoms with Gasteiger partial charge in [-0.1, -0.05) is 0 Å². The highest BCUT2D eigenvalue weighted by Crippen LogP contribution is 2.29. The zero-order valence-electron chi connectivity index (χ0n) is 10.1. The van der Waals surface area contributed by atoms with E-state index in [2.05, 4.69) is 21.1 Å². The molecule has 2 rings (SSSR count). The third-order valence-electron chi connectivity index (χ3n) is 3.37. The van der Waals surface area contributed by atoms with Crippen LogP contribution in [0.15, 0.2) is 12.5 Å². The summed E-state index contributed by atoms with van der Waals surface area (Å²) in [6, 6.07) is 0.566. The average molecular weight is 223 g/mol. The van der Waals surface area contributed by atoms with Gasteiger partial charge in [0.25, 0.3) is 0 Å². The molecular formula is C12H21N3O. The first-order valence-corrected chi connectivity index (χ1v) is 6.03. The molecule has 1 heterocycles. The van der Waals surface area contributed by atoms with Gasteiger partial charge in [0.2, 0.25) is 0 Å². The van der Waals surface area contributed by atoms with E-state index in [1.54, 1.807) is 0 Å². The molecule has 0 bridgehead atoms. The summed E-state index contributed by atoms with van der Waals surface area (Å²) in [7, 11) is 3.76. The minimum absolute atomic E-state index is 0.425. The number of hydrogen-bond donors (Lipinski definition) is 1. The minimum Gasteiger partial charge on any atom is -0.381 e. The summed E-state index contributed by atoms with van der Waals surface area (Å²) in [5, 5.41) is 3.12. The molecule has 0 spiro atoms. The van der Waals surface area contributed by atoms with Gasteiger partial charge in [-0.05, 0) is 32.7 Å². The number of nitrogens with one attached hydrogen (secondary N) is 1. The van der Waals surface area contributed by atoms with E-state index in [0.29, 0.717) is 12.1 Å². The van der Waals surface area contributed by atoms with Crippen molar-refractivity contribution < 1.29 is 4.74 Å². The Balaban J connectivity index is 1.99. The molecule has 1 aliphatic carbocycles. The van der Waals surface area contributed by atoms with E-state index in [-0.39, 0.29) is 0 Å². The number of rotatable bonds is 4. The van der Waals surface area contributed by atoms with Crippen molar-refractivity contribution in [1.82, 2.24) is 14.9 Å². The quantitative estimate of drug-likeness (QED) is 0.845. The Bertz CT molecular complexity index is 324. The third-order valence-corrected chi connectivity index (χ3v) is 3.37. The normalized spacial score (nSPS) is 25.9. The molecular weight excluding hydrogens is 202 g/mol. The number of ether oxygens (including phenoxy) is 1. The zero-order valence-corrected chi connectivity index (χ0v) is 10.1. The first-order valence-electron chi connectivity index (χ1n) is 6.03. The Morgan fingerprint density at radius 2 is 2.44 bits per heavy atom. The Labute approximate surface area is 97.0 Å². The molecule has 4 heteroatoms. The highest BCUT2D eigenvalue weighted by atomic mass is 16.5. The second-order valence-electron chi connectivity index (χ2n) is 4.52. The van der Waals surface area contributed by atoms with Gasteiger partial charge in [0.15, 0.2) is 0 Å². The van der Waals surface area contributed by atoms with Crippen molar-refractivity contribution in [2.45, 2.75) is 44.4 Å². The Morgan fingerprint density at radius 1 is 1.56 bits per heavy atom. The molecule has 90 valence electrons. The second kappa shape index (κ2) is 5.46. The van der Waals surface area contributed by atoms with Crippen molar-refractivity contribution >= 4 is 0 Å². The van der Waals surface area contributed by atoms with Gasteiger partial charge in [-0.15, -0.1) is 0 Å². The molecule has 1 fully saturated rings. The standard InChI is InChI=1S/C12H21N3O/c1-13-7-10-8-15(9-14-10)11-4-3-5-12(6-11)16-2/h8-9,11-13H,3-7H2,1-2H3. The van der Waals surface area contributed by atoms with Crippen LogP contribution in [0.4, 0.5) is 0 Å². The second-order valence-corrected chi connectivity index (χ2v) is 4.52. The average Bonchev–Trinajstić information content (AvgIpc) is 2.78. The van der Waals surface area contributed by atoms with E-state index < -0.39 is 0 Å². The minimum atomic E-state index is 0.425. The van der Waals surface area contributed by atoms with Gasteiger partial charge >= 0.3 is 0 Å². The van der Waals surface area contributed by atoms with Gasteiger partial charge in [-0.3, -0.25) is 0 Å². The summed E-state index contributed by atoms with van der Waals surface area (Å²) in [5.74, 6) is 0. The van der Waals surface area contributed by atoms with Crippen LogP contribution in [0.3, 0.4) is 0 Å². The first-order chi connectivity index (χ1) is 7.83. The van der Waals surface area contributed by atoms with Crippen molar-refractivity contribution in [1.29, 1.82) is 0 Å². The maximum absolute atomic E-state index is 5.45. The van der Waals surface area contributed by atoms with Gasteiger partial charge in [-0.25, -0.2) is 4.98 Å². The van der Waals surface area contributed by atoms with Crippen LogP contribution in [0.5, 0.6) is 0 Å². The molecule has 1 aliphatic rings. The van der Waals surface area contributed by atoms with Gasteiger partial charge in [0, 0.05) is 25.9 Å². The molecule has 0 radical (unpaired) electrons. The fourth-order valence-corrected chi connectivity index (χ4v) is 2.46. The van der Waals surface area contributed by atoms with E-state index in [1.807, 2.05) is 20.5 Å². The molecule has 1 aromatic rings. The van der Waals surface area contributed by atoms with Crippen LogP contribution in [-0.2, 0) is 11.3 Å². The van der Waals surface area contributed by atoms with Gasteiger partial charge in [-0.2, -0.15) is 0 Å². The topological polar surface area (TPSA) is 39.1 Å². The van der Waals surface area contributed by atoms with Crippen molar-refractivity contribution in [3.05, 3.63) is 18.2 Å². The van der Waals surface area contributed by atoms with Crippen molar-refractivity contribution in [3.8, 4) is 0 Å². The van der Waals surface area contributed by atoms with Crippen LogP contribution < -0.4 is 5.32 Å². The fourth-order valence-electron chi connectivity index (χ4n) is 2.46. The maximum Gasteiger partial charge on any atom is 0.0952 e. The molecule has 2 unspecified atom stereocenters. The predicted octanol–water partition coefficient (Wildman–Crippen LogP) is 1.73. The highest BCUT2D eigenvalue weighted by molar-refractivity contribution is 4.98. The lowest BCUT2D eigenvalue weighted by molar-refractivity contribution is 0.0530. The molecule has 0 aromatic carbocycles. The van der Waals surface area contributed by atoms with Crippen LogP contribution in [-0.4, -0.2) is 29.8 Å². The molecule has 1 aromatic heterocycles. The lowest BCUT2D eigenvalue weighted by atomic mass is 9.93. The summed E-state index contributed by atoms with van der Waals surface area (Å²) in [6.07, 6.45) is 9.34. The number of hydrogen-bond acceptors (Lipinski definition) is 3. The van der Waals surface area contributed by atoms with Crippen molar-refractivity contribution in [3.63, 3.8) is 0 Å². The SMILES string of the molecule is CNCc1cn(C2CCCC(OC)C2)cn1. The van der Waals surface area contributed by atoms with Crippen molar-refractivity contribution in [2.75, 3.05) is 14.2 Å². The molecule has 4 nitrogen and oxygen atoms in total. The number of methoxy groups -OCH3 is 1. The van der Waals surface area contributed by atoms with Crippen LogP contribution in [0, 0.1) is 0 Å². The lowest BCUT2D eigenvalue weighted by Gasteiger charge is -2.28. The van der Waals surface area contributed by atoms with E-state index in [0.717, 1.165) is 18.7 Å². The summed E-state index contributed by atoms with van der Waals surface area (Å²) in [6.45, 7) is 0.841. The summed E-state index contributed by atoms with van der Waals surface area (Å²) >= 11 is 0. The predicted molar refractivity (Wildman–Crippen MR) is 63.3 cm³/mol. The van der Waals surface area contributed by atoms with Gasteiger partial charge < -0.3 is 14.6 Å². The molecule has 1 saturated carbocycles. The Morgan fingerprint density at radius 3 is 3.19 bits per heavy atom. The fraction of sp³-hybridized carbons (Fsp3) is 0.750. The molecule has 1 N–H and O–H groups in total. The van der Waals surface area contributed by atoms with Crippen LogP contribution in [0.25, 0.3) is 0 Å². The van der Waals surface area contributed by atoms with E-state index in [9.17, 15) is 0 Å². The lowest BCUT2D eigenvalue weighted by Crippen LogP contribution is -2.23. The summed E-state index contributed by atoms with van der Waals surface area (Å²) in [4.78, 5) is 4.39. The highest BCUT2D eigenvalue weighted by Gasteiger charge is 2.22. The molecule has 0 aliphatic heterocycles. The molecule has 16 heavy (non-hydrogen) atoms. The summed E-state index contributed by atoms with van der Waals surface area (Å²) < 4.78 is 7.70. The van der Waals surface area contributed by atoms with Crippen molar-refractivity contribution in [2.24, 2.45) is 0 Å². The Hall–Kier alpha value is -0.870. The summed E-state index contributed by atoms with van der Waals surface area (Å²) in [5.41, 5.74) is 1.11. The van der Waals surface area contributed by atoms with E-state index >= 15 is 0 Å². The van der Waals surface area contributed by atoms with E-state index in [1.165, 1.54) is 19.3 Å². The van der Waals surface area contributed by atoms with Crippen LogP contribution in [0.1, 0.15) is 37.4 Å². The van der Waals surface area contributed by atoms with Gasteiger partial charge in [0.1, 0.15) is 0 Å². The zero-order chi connectivity index (χ0) is 11.4. The monoisotopic (exact) mass is 223 g/mol. The van der Waals surface area contributed by atoms with Crippen LogP contribution >= 0.6 is 0 Å². The molecule has 0 amide bonds. The molecule has 0 saturated heterocycles. The molecule has 2 atom stereocenters. The smallest absolute Gasteiger partial charge is 0.0952 e. The maximum atomic E-state index is 5.45.